The Balaban J connectivity index is 1.80. The molecule has 0 aliphatic carbocycles. The van der Waals surface area contributed by atoms with Gasteiger partial charge in [0.1, 0.15) is 6.26 Å². The first-order chi connectivity index (χ1) is 11.4. The van der Waals surface area contributed by atoms with E-state index in [4.69, 9.17) is 39.2 Å². The van der Waals surface area contributed by atoms with E-state index in [9.17, 15) is 4.79 Å². The van der Waals surface area contributed by atoms with Crippen LogP contribution in [-0.2, 0) is 0 Å². The highest BCUT2D eigenvalue weighted by Gasteiger charge is 2.15. The molecule has 0 aliphatic heterocycles. The summed E-state index contributed by atoms with van der Waals surface area (Å²) in [5.74, 6) is -0.120. The van der Waals surface area contributed by atoms with Gasteiger partial charge in [-0.25, -0.2) is 4.98 Å². The number of nitrogens with one attached hydrogen (secondary N) is 1. The highest BCUT2D eigenvalue weighted by molar-refractivity contribution is 6.42. The van der Waals surface area contributed by atoms with Crippen LogP contribution in [0.2, 0.25) is 15.1 Å². The highest BCUT2D eigenvalue weighted by atomic mass is 35.5. The number of amides is 1. The molecule has 0 saturated heterocycles. The molecule has 1 amide bonds. The van der Waals surface area contributed by atoms with Crippen LogP contribution in [0, 0.1) is 6.92 Å². The zero-order chi connectivity index (χ0) is 17.3. The van der Waals surface area contributed by atoms with E-state index in [1.165, 1.54) is 6.26 Å². The third-order valence-corrected chi connectivity index (χ3v) is 4.48. The maximum absolute atomic E-state index is 12.3. The summed E-state index contributed by atoms with van der Waals surface area (Å²) in [5.41, 5.74) is 2.28. The first-order valence-electron chi connectivity index (χ1n) is 6.92. The van der Waals surface area contributed by atoms with Gasteiger partial charge in [-0.1, -0.05) is 40.9 Å². The Labute approximate surface area is 153 Å². The van der Waals surface area contributed by atoms with Gasteiger partial charge in [-0.2, -0.15) is 0 Å². The van der Waals surface area contributed by atoms with Crippen molar-refractivity contribution in [1.29, 1.82) is 0 Å². The fraction of sp³-hybridized carbons (Fsp3) is 0.0588. The number of carbonyl (C=O) groups is 1. The van der Waals surface area contributed by atoms with Crippen molar-refractivity contribution in [2.75, 3.05) is 5.32 Å². The zero-order valence-corrected chi connectivity index (χ0v) is 14.7. The van der Waals surface area contributed by atoms with Crippen molar-refractivity contribution in [1.82, 2.24) is 4.98 Å². The van der Waals surface area contributed by atoms with E-state index in [1.807, 2.05) is 13.0 Å². The van der Waals surface area contributed by atoms with Crippen LogP contribution in [0.1, 0.15) is 16.1 Å². The van der Waals surface area contributed by atoms with E-state index < -0.39 is 5.91 Å². The molecule has 0 fully saturated rings. The van der Waals surface area contributed by atoms with Crippen LogP contribution >= 0.6 is 34.8 Å². The maximum Gasteiger partial charge on any atom is 0.277 e. The summed E-state index contributed by atoms with van der Waals surface area (Å²) < 4.78 is 5.35. The average Bonchev–Trinajstić information content (AvgIpc) is 3.04. The largest absolute Gasteiger partial charge is 0.444 e. The molecule has 0 atom stereocenters. The lowest BCUT2D eigenvalue weighted by molar-refractivity contribution is 0.102. The Hall–Kier alpha value is -2.01. The second-order valence-electron chi connectivity index (χ2n) is 5.08. The molecule has 0 unspecified atom stereocenters. The first-order valence-corrected chi connectivity index (χ1v) is 8.06. The molecule has 0 saturated carbocycles. The number of rotatable bonds is 3. The summed E-state index contributed by atoms with van der Waals surface area (Å²) in [6, 6.07) is 10.2. The second-order valence-corrected chi connectivity index (χ2v) is 6.31. The summed E-state index contributed by atoms with van der Waals surface area (Å²) in [5, 5.41) is 4.11. The Morgan fingerprint density at radius 3 is 2.54 bits per heavy atom. The van der Waals surface area contributed by atoms with Gasteiger partial charge in [0.2, 0.25) is 5.89 Å². The molecule has 0 aliphatic rings. The average molecular weight is 382 g/mol. The van der Waals surface area contributed by atoms with Crippen LogP contribution in [0.15, 0.2) is 47.1 Å². The minimum absolute atomic E-state index is 0.146. The minimum Gasteiger partial charge on any atom is -0.444 e. The standard InChI is InChI=1S/C17H11Cl3N2O2/c1-9-2-4-11(7-13(9)19)21-16(23)15-8-24-17(22-15)10-3-5-12(18)14(20)6-10/h2-8H,1H3,(H,21,23). The summed E-state index contributed by atoms with van der Waals surface area (Å²) in [7, 11) is 0. The lowest BCUT2D eigenvalue weighted by atomic mass is 10.2. The van der Waals surface area contributed by atoms with Crippen LogP contribution in [-0.4, -0.2) is 10.9 Å². The lowest BCUT2D eigenvalue weighted by Crippen LogP contribution is -2.12. The number of halogens is 3. The van der Waals surface area contributed by atoms with Gasteiger partial charge in [-0.05, 0) is 42.8 Å². The smallest absolute Gasteiger partial charge is 0.277 e. The number of benzene rings is 2. The molecule has 24 heavy (non-hydrogen) atoms. The van der Waals surface area contributed by atoms with Gasteiger partial charge < -0.3 is 9.73 Å². The predicted molar refractivity (Wildman–Crippen MR) is 96.1 cm³/mol. The molecule has 2 aromatic carbocycles. The number of hydrogen-bond acceptors (Lipinski definition) is 3. The van der Waals surface area contributed by atoms with Crippen molar-refractivity contribution in [3.8, 4) is 11.5 Å². The summed E-state index contributed by atoms with van der Waals surface area (Å²) in [6.45, 7) is 1.88. The van der Waals surface area contributed by atoms with Gasteiger partial charge in [0.15, 0.2) is 5.69 Å². The highest BCUT2D eigenvalue weighted by Crippen LogP contribution is 2.28. The van der Waals surface area contributed by atoms with Crippen LogP contribution in [0.25, 0.3) is 11.5 Å². The summed E-state index contributed by atoms with van der Waals surface area (Å²) in [4.78, 5) is 16.4. The number of aryl methyl sites for hydroxylation is 1. The van der Waals surface area contributed by atoms with E-state index in [-0.39, 0.29) is 11.6 Å². The van der Waals surface area contributed by atoms with Crippen molar-refractivity contribution in [3.05, 3.63) is 69.0 Å². The predicted octanol–water partition coefficient (Wildman–Crippen LogP) is 5.86. The molecule has 3 rings (SSSR count). The molecule has 3 aromatic rings. The van der Waals surface area contributed by atoms with E-state index in [0.717, 1.165) is 5.56 Å². The summed E-state index contributed by atoms with van der Waals surface area (Å²) in [6.07, 6.45) is 1.28. The molecule has 1 N–H and O–H groups in total. The Morgan fingerprint density at radius 2 is 1.83 bits per heavy atom. The van der Waals surface area contributed by atoms with Crippen molar-refractivity contribution in [2.24, 2.45) is 0 Å². The van der Waals surface area contributed by atoms with Gasteiger partial charge in [-0.15, -0.1) is 0 Å². The molecule has 0 bridgehead atoms. The van der Waals surface area contributed by atoms with Crippen LogP contribution in [0.3, 0.4) is 0 Å². The Bertz CT molecular complexity index is 922. The maximum atomic E-state index is 12.3. The van der Waals surface area contributed by atoms with Crippen LogP contribution in [0.5, 0.6) is 0 Å². The third kappa shape index (κ3) is 3.56. The Kier molecular flexibility index (Phi) is 4.81. The van der Waals surface area contributed by atoms with Gasteiger partial charge in [0.05, 0.1) is 10.0 Å². The summed E-state index contributed by atoms with van der Waals surface area (Å²) >= 11 is 17.9. The molecule has 4 nitrogen and oxygen atoms in total. The quantitative estimate of drug-likeness (QED) is 0.618. The zero-order valence-electron chi connectivity index (χ0n) is 12.4. The number of nitrogens with zero attached hydrogens (tertiary/aromatic N) is 1. The third-order valence-electron chi connectivity index (χ3n) is 3.33. The van der Waals surface area contributed by atoms with Crippen molar-refractivity contribution in [3.63, 3.8) is 0 Å². The second kappa shape index (κ2) is 6.85. The molecule has 0 spiro atoms. The Morgan fingerprint density at radius 1 is 1.04 bits per heavy atom. The number of anilines is 1. The van der Waals surface area contributed by atoms with E-state index >= 15 is 0 Å². The van der Waals surface area contributed by atoms with Gasteiger partial charge >= 0.3 is 0 Å². The molecule has 0 radical (unpaired) electrons. The molecular formula is C17H11Cl3N2O2. The van der Waals surface area contributed by atoms with Crippen molar-refractivity contribution < 1.29 is 9.21 Å². The van der Waals surface area contributed by atoms with Crippen LogP contribution in [0.4, 0.5) is 5.69 Å². The number of aromatic nitrogens is 1. The van der Waals surface area contributed by atoms with Crippen molar-refractivity contribution >= 4 is 46.4 Å². The SMILES string of the molecule is Cc1ccc(NC(=O)c2coc(-c3ccc(Cl)c(Cl)c3)n2)cc1Cl. The molecule has 122 valence electrons. The molecular weight excluding hydrogens is 371 g/mol. The fourth-order valence-electron chi connectivity index (χ4n) is 2.01. The number of hydrogen-bond donors (Lipinski definition) is 1. The monoisotopic (exact) mass is 380 g/mol. The normalized spacial score (nSPS) is 10.7. The number of oxazole rings is 1. The molecule has 7 heteroatoms. The topological polar surface area (TPSA) is 55.1 Å². The first kappa shape index (κ1) is 16.8. The van der Waals surface area contributed by atoms with Gasteiger partial charge in [0, 0.05) is 16.3 Å². The van der Waals surface area contributed by atoms with E-state index in [0.29, 0.717) is 26.3 Å². The van der Waals surface area contributed by atoms with Gasteiger partial charge in [0.25, 0.3) is 5.91 Å². The number of carbonyl (C=O) groups excluding carboxylic acids is 1. The van der Waals surface area contributed by atoms with E-state index in [1.54, 1.807) is 30.3 Å². The van der Waals surface area contributed by atoms with E-state index in [2.05, 4.69) is 10.3 Å². The van der Waals surface area contributed by atoms with Crippen molar-refractivity contribution in [2.45, 2.75) is 6.92 Å². The fourth-order valence-corrected chi connectivity index (χ4v) is 2.48. The van der Waals surface area contributed by atoms with Crippen LogP contribution < -0.4 is 5.32 Å². The lowest BCUT2D eigenvalue weighted by Gasteiger charge is -2.04. The molecule has 1 aromatic heterocycles. The molecule has 1 heterocycles. The van der Waals surface area contributed by atoms with Gasteiger partial charge in [-0.3, -0.25) is 4.79 Å². The minimum atomic E-state index is -0.398.